The van der Waals surface area contributed by atoms with Gasteiger partial charge in [0.25, 0.3) is 0 Å². The number of fused-ring (bicyclic) bond motifs is 1. The summed E-state index contributed by atoms with van der Waals surface area (Å²) in [5.41, 5.74) is 2.32. The molecule has 114 valence electrons. The van der Waals surface area contributed by atoms with Crippen molar-refractivity contribution in [3.8, 4) is 0 Å². The molecule has 0 radical (unpaired) electrons. The number of nitrogens with one attached hydrogen (secondary N) is 1. The van der Waals surface area contributed by atoms with Crippen molar-refractivity contribution in [1.82, 2.24) is 19.8 Å². The Morgan fingerprint density at radius 3 is 2.90 bits per heavy atom. The molecule has 2 aromatic rings. The molecule has 1 aliphatic heterocycles. The fraction of sp³-hybridized carbons (Fsp3) is 0.588. The summed E-state index contributed by atoms with van der Waals surface area (Å²) in [6.45, 7) is 7.94. The highest BCUT2D eigenvalue weighted by molar-refractivity contribution is 5.75. The minimum Gasteiger partial charge on any atom is -0.330 e. The number of imidazole rings is 1. The van der Waals surface area contributed by atoms with Gasteiger partial charge in [-0.05, 0) is 45.0 Å². The summed E-state index contributed by atoms with van der Waals surface area (Å²) < 4.78 is 2.26. The van der Waals surface area contributed by atoms with Gasteiger partial charge in [-0.2, -0.15) is 0 Å². The number of benzene rings is 1. The molecule has 2 heterocycles. The second kappa shape index (κ2) is 6.16. The molecule has 0 spiro atoms. The van der Waals surface area contributed by atoms with Crippen LogP contribution in [-0.2, 0) is 7.05 Å². The normalized spacial score (nSPS) is 20.5. The molecule has 0 aliphatic carbocycles. The Morgan fingerprint density at radius 2 is 2.24 bits per heavy atom. The Hall–Kier alpha value is -1.39. The molecule has 1 aliphatic rings. The zero-order valence-corrected chi connectivity index (χ0v) is 13.3. The van der Waals surface area contributed by atoms with Crippen molar-refractivity contribution in [2.45, 2.75) is 38.8 Å². The maximum atomic E-state index is 4.89. The van der Waals surface area contributed by atoms with Gasteiger partial charge in [-0.25, -0.2) is 4.98 Å². The Bertz CT molecular complexity index is 598. The largest absolute Gasteiger partial charge is 0.330 e. The van der Waals surface area contributed by atoms with Crippen molar-refractivity contribution < 1.29 is 0 Å². The first-order valence-corrected chi connectivity index (χ1v) is 8.10. The first-order chi connectivity index (χ1) is 10.2. The standard InChI is InChI=1S/C17H26N4/c1-4-11-21(14-9-10-18-12-14)13(2)17-19-15-7-5-6-8-16(15)20(17)3/h5-8,13-14,18H,4,9-12H2,1-3H3. The molecule has 2 atom stereocenters. The maximum Gasteiger partial charge on any atom is 0.126 e. The van der Waals surface area contributed by atoms with Crippen LogP contribution in [0.3, 0.4) is 0 Å². The summed E-state index contributed by atoms with van der Waals surface area (Å²) >= 11 is 0. The van der Waals surface area contributed by atoms with Gasteiger partial charge in [0.05, 0.1) is 17.1 Å². The average Bonchev–Trinajstić information content (AvgIpc) is 3.13. The molecule has 0 saturated carbocycles. The molecular weight excluding hydrogens is 260 g/mol. The van der Waals surface area contributed by atoms with Crippen LogP contribution in [0.4, 0.5) is 0 Å². The lowest BCUT2D eigenvalue weighted by Gasteiger charge is -2.33. The van der Waals surface area contributed by atoms with Gasteiger partial charge < -0.3 is 9.88 Å². The SMILES string of the molecule is CCCN(C1CCNC1)C(C)c1nc2ccccc2n1C. The summed E-state index contributed by atoms with van der Waals surface area (Å²) in [5, 5.41) is 3.49. The van der Waals surface area contributed by atoms with Gasteiger partial charge in [0.2, 0.25) is 0 Å². The van der Waals surface area contributed by atoms with Crippen molar-refractivity contribution >= 4 is 11.0 Å². The van der Waals surface area contributed by atoms with Crippen LogP contribution in [0.15, 0.2) is 24.3 Å². The first kappa shape index (κ1) is 14.5. The van der Waals surface area contributed by atoms with E-state index in [0.29, 0.717) is 12.1 Å². The zero-order chi connectivity index (χ0) is 14.8. The molecule has 1 N–H and O–H groups in total. The third-order valence-corrected chi connectivity index (χ3v) is 4.68. The molecule has 0 bridgehead atoms. The smallest absolute Gasteiger partial charge is 0.126 e. The second-order valence-electron chi connectivity index (χ2n) is 6.08. The summed E-state index contributed by atoms with van der Waals surface area (Å²) in [4.78, 5) is 7.51. The number of para-hydroxylation sites is 2. The lowest BCUT2D eigenvalue weighted by atomic mass is 10.1. The molecule has 4 heteroatoms. The van der Waals surface area contributed by atoms with E-state index in [9.17, 15) is 0 Å². The molecule has 4 nitrogen and oxygen atoms in total. The quantitative estimate of drug-likeness (QED) is 0.917. The van der Waals surface area contributed by atoms with E-state index < -0.39 is 0 Å². The number of hydrogen-bond donors (Lipinski definition) is 1. The Balaban J connectivity index is 1.93. The minimum atomic E-state index is 0.354. The van der Waals surface area contributed by atoms with Gasteiger partial charge in [0, 0.05) is 19.6 Å². The predicted octanol–water partition coefficient (Wildman–Crippen LogP) is 2.71. The van der Waals surface area contributed by atoms with Crippen molar-refractivity contribution in [3.05, 3.63) is 30.1 Å². The van der Waals surface area contributed by atoms with E-state index in [-0.39, 0.29) is 0 Å². The van der Waals surface area contributed by atoms with Crippen LogP contribution >= 0.6 is 0 Å². The van der Waals surface area contributed by atoms with Crippen LogP contribution in [0.1, 0.15) is 38.6 Å². The Labute approximate surface area is 127 Å². The number of rotatable bonds is 5. The van der Waals surface area contributed by atoms with E-state index >= 15 is 0 Å². The van der Waals surface area contributed by atoms with Crippen LogP contribution in [0, 0.1) is 0 Å². The van der Waals surface area contributed by atoms with E-state index in [1.54, 1.807) is 0 Å². The van der Waals surface area contributed by atoms with E-state index in [1.165, 1.54) is 24.2 Å². The maximum absolute atomic E-state index is 4.89. The molecule has 3 rings (SSSR count). The van der Waals surface area contributed by atoms with E-state index in [1.807, 2.05) is 0 Å². The third-order valence-electron chi connectivity index (χ3n) is 4.68. The average molecular weight is 286 g/mol. The highest BCUT2D eigenvalue weighted by Crippen LogP contribution is 2.27. The van der Waals surface area contributed by atoms with Crippen LogP contribution in [0.2, 0.25) is 0 Å². The monoisotopic (exact) mass is 286 g/mol. The molecule has 0 amide bonds. The fourth-order valence-corrected chi connectivity index (χ4v) is 3.56. The molecular formula is C17H26N4. The molecule has 1 aromatic carbocycles. The summed E-state index contributed by atoms with van der Waals surface area (Å²) in [5.74, 6) is 1.18. The van der Waals surface area contributed by atoms with Crippen LogP contribution < -0.4 is 5.32 Å². The Morgan fingerprint density at radius 1 is 1.43 bits per heavy atom. The number of nitrogens with zero attached hydrogens (tertiary/aromatic N) is 3. The summed E-state index contributed by atoms with van der Waals surface area (Å²) in [7, 11) is 2.14. The molecule has 21 heavy (non-hydrogen) atoms. The molecule has 1 aromatic heterocycles. The van der Waals surface area contributed by atoms with Crippen molar-refractivity contribution in [2.75, 3.05) is 19.6 Å². The van der Waals surface area contributed by atoms with Gasteiger partial charge in [-0.15, -0.1) is 0 Å². The predicted molar refractivity (Wildman–Crippen MR) is 87.4 cm³/mol. The topological polar surface area (TPSA) is 33.1 Å². The zero-order valence-electron chi connectivity index (χ0n) is 13.3. The third kappa shape index (κ3) is 2.70. The van der Waals surface area contributed by atoms with Gasteiger partial charge in [0.15, 0.2) is 0 Å². The molecule has 2 unspecified atom stereocenters. The van der Waals surface area contributed by atoms with Gasteiger partial charge in [0.1, 0.15) is 5.82 Å². The number of aromatic nitrogens is 2. The number of aryl methyl sites for hydroxylation is 1. The second-order valence-corrected chi connectivity index (χ2v) is 6.08. The first-order valence-electron chi connectivity index (χ1n) is 8.10. The highest BCUT2D eigenvalue weighted by Gasteiger charge is 2.28. The van der Waals surface area contributed by atoms with Gasteiger partial charge >= 0.3 is 0 Å². The highest BCUT2D eigenvalue weighted by atomic mass is 15.2. The summed E-state index contributed by atoms with van der Waals surface area (Å²) in [6.07, 6.45) is 2.43. The lowest BCUT2D eigenvalue weighted by molar-refractivity contribution is 0.146. The van der Waals surface area contributed by atoms with E-state index in [2.05, 4.69) is 59.9 Å². The number of hydrogen-bond acceptors (Lipinski definition) is 3. The van der Waals surface area contributed by atoms with E-state index in [4.69, 9.17) is 4.98 Å². The van der Waals surface area contributed by atoms with Crippen molar-refractivity contribution in [1.29, 1.82) is 0 Å². The van der Waals surface area contributed by atoms with Crippen molar-refractivity contribution in [2.24, 2.45) is 7.05 Å². The van der Waals surface area contributed by atoms with Gasteiger partial charge in [-0.1, -0.05) is 19.1 Å². The van der Waals surface area contributed by atoms with Crippen LogP contribution in [0.25, 0.3) is 11.0 Å². The Kier molecular flexibility index (Phi) is 4.27. The lowest BCUT2D eigenvalue weighted by Crippen LogP contribution is -2.40. The fourth-order valence-electron chi connectivity index (χ4n) is 3.56. The molecule has 1 saturated heterocycles. The van der Waals surface area contributed by atoms with Crippen LogP contribution in [-0.4, -0.2) is 40.1 Å². The summed E-state index contributed by atoms with van der Waals surface area (Å²) in [6, 6.07) is 9.40. The van der Waals surface area contributed by atoms with Crippen LogP contribution in [0.5, 0.6) is 0 Å². The molecule has 1 fully saturated rings. The van der Waals surface area contributed by atoms with E-state index in [0.717, 1.165) is 25.2 Å². The van der Waals surface area contributed by atoms with Crippen molar-refractivity contribution in [3.63, 3.8) is 0 Å². The van der Waals surface area contributed by atoms with Gasteiger partial charge in [-0.3, -0.25) is 4.90 Å². The minimum absolute atomic E-state index is 0.354.